The summed E-state index contributed by atoms with van der Waals surface area (Å²) in [6.07, 6.45) is 0. The number of carbonyl (C=O) groups excluding carboxylic acids is 2. The molecule has 0 aliphatic carbocycles. The van der Waals surface area contributed by atoms with Crippen LogP contribution in [0.5, 0.6) is 0 Å². The third-order valence-corrected chi connectivity index (χ3v) is 4.13. The second-order valence-corrected chi connectivity index (χ2v) is 5.71. The smallest absolute Gasteiger partial charge is 0.261 e. The standard InChI is InChI=1S/C12H19N3O2S/c1-7(2)12(3,6-13)15-11(17)9-4-8(5-18-9)10(14)16/h4-5,7H,6,13H2,1-3H3,(H2,14,16)(H,15,17). The Labute approximate surface area is 111 Å². The molecule has 5 nitrogen and oxygen atoms in total. The summed E-state index contributed by atoms with van der Waals surface area (Å²) in [6, 6.07) is 1.50. The number of carbonyl (C=O) groups is 2. The van der Waals surface area contributed by atoms with Gasteiger partial charge in [0, 0.05) is 11.9 Å². The first kappa shape index (κ1) is 14.7. The lowest BCUT2D eigenvalue weighted by molar-refractivity contribution is 0.0887. The van der Waals surface area contributed by atoms with E-state index in [9.17, 15) is 9.59 Å². The molecule has 0 fully saturated rings. The second-order valence-electron chi connectivity index (χ2n) is 4.79. The van der Waals surface area contributed by atoms with Gasteiger partial charge in [0.2, 0.25) is 5.91 Å². The van der Waals surface area contributed by atoms with Crippen LogP contribution in [-0.2, 0) is 0 Å². The van der Waals surface area contributed by atoms with Crippen molar-refractivity contribution < 1.29 is 9.59 Å². The van der Waals surface area contributed by atoms with E-state index >= 15 is 0 Å². The highest BCUT2D eigenvalue weighted by atomic mass is 32.1. The van der Waals surface area contributed by atoms with Crippen LogP contribution in [-0.4, -0.2) is 23.9 Å². The summed E-state index contributed by atoms with van der Waals surface area (Å²) >= 11 is 1.20. The van der Waals surface area contributed by atoms with Gasteiger partial charge in [-0.05, 0) is 18.9 Å². The van der Waals surface area contributed by atoms with E-state index in [0.29, 0.717) is 17.0 Å². The number of thiophene rings is 1. The maximum atomic E-state index is 12.1. The van der Waals surface area contributed by atoms with Crippen molar-refractivity contribution in [1.29, 1.82) is 0 Å². The van der Waals surface area contributed by atoms with Gasteiger partial charge < -0.3 is 16.8 Å². The van der Waals surface area contributed by atoms with Crippen molar-refractivity contribution in [2.45, 2.75) is 26.3 Å². The minimum atomic E-state index is -0.532. The molecule has 1 rings (SSSR count). The maximum Gasteiger partial charge on any atom is 0.261 e. The summed E-state index contributed by atoms with van der Waals surface area (Å²) < 4.78 is 0. The zero-order valence-electron chi connectivity index (χ0n) is 10.8. The van der Waals surface area contributed by atoms with E-state index < -0.39 is 11.4 Å². The number of amides is 2. The lowest BCUT2D eigenvalue weighted by Gasteiger charge is -2.33. The van der Waals surface area contributed by atoms with E-state index in [2.05, 4.69) is 5.32 Å². The Kier molecular flexibility index (Phi) is 4.48. The molecule has 100 valence electrons. The van der Waals surface area contributed by atoms with Gasteiger partial charge in [-0.15, -0.1) is 11.3 Å². The van der Waals surface area contributed by atoms with E-state index in [1.54, 1.807) is 5.38 Å². The molecule has 0 bridgehead atoms. The number of rotatable bonds is 5. The van der Waals surface area contributed by atoms with Gasteiger partial charge in [0.05, 0.1) is 16.0 Å². The third kappa shape index (κ3) is 3.08. The lowest BCUT2D eigenvalue weighted by Crippen LogP contribution is -2.54. The Balaban J connectivity index is 2.84. The summed E-state index contributed by atoms with van der Waals surface area (Å²) in [5.74, 6) is -0.549. The maximum absolute atomic E-state index is 12.1. The zero-order valence-corrected chi connectivity index (χ0v) is 11.6. The molecule has 1 aromatic heterocycles. The normalized spacial score (nSPS) is 14.3. The summed E-state index contributed by atoms with van der Waals surface area (Å²) in [5.41, 5.74) is 10.7. The largest absolute Gasteiger partial charge is 0.366 e. The summed E-state index contributed by atoms with van der Waals surface area (Å²) in [6.45, 7) is 6.25. The Morgan fingerprint density at radius 1 is 1.50 bits per heavy atom. The van der Waals surface area contributed by atoms with Crippen LogP contribution in [0.15, 0.2) is 11.4 Å². The zero-order chi connectivity index (χ0) is 13.9. The molecular formula is C12H19N3O2S. The Morgan fingerprint density at radius 3 is 2.50 bits per heavy atom. The summed E-state index contributed by atoms with van der Waals surface area (Å²) in [7, 11) is 0. The summed E-state index contributed by atoms with van der Waals surface area (Å²) in [5, 5.41) is 4.48. The van der Waals surface area contributed by atoms with Gasteiger partial charge in [-0.3, -0.25) is 9.59 Å². The van der Waals surface area contributed by atoms with Crippen LogP contribution in [0.3, 0.4) is 0 Å². The minimum absolute atomic E-state index is 0.210. The first-order valence-corrected chi connectivity index (χ1v) is 6.59. The molecule has 0 aliphatic heterocycles. The van der Waals surface area contributed by atoms with Crippen molar-refractivity contribution in [2.24, 2.45) is 17.4 Å². The Morgan fingerprint density at radius 2 is 2.11 bits per heavy atom. The first-order valence-electron chi connectivity index (χ1n) is 5.71. The van der Waals surface area contributed by atoms with Crippen LogP contribution in [0.1, 0.15) is 40.8 Å². The Bertz CT molecular complexity index is 456. The van der Waals surface area contributed by atoms with Gasteiger partial charge in [-0.1, -0.05) is 13.8 Å². The topological polar surface area (TPSA) is 98.2 Å². The van der Waals surface area contributed by atoms with Gasteiger partial charge in [0.15, 0.2) is 0 Å². The molecule has 1 unspecified atom stereocenters. The van der Waals surface area contributed by atoms with Crippen molar-refractivity contribution in [3.8, 4) is 0 Å². The number of hydrogen-bond acceptors (Lipinski definition) is 4. The van der Waals surface area contributed by atoms with Crippen molar-refractivity contribution in [1.82, 2.24) is 5.32 Å². The molecule has 0 saturated heterocycles. The fourth-order valence-corrected chi connectivity index (χ4v) is 2.13. The third-order valence-electron chi connectivity index (χ3n) is 3.21. The van der Waals surface area contributed by atoms with E-state index in [4.69, 9.17) is 11.5 Å². The van der Waals surface area contributed by atoms with Gasteiger partial charge in [0.1, 0.15) is 0 Å². The molecule has 1 atom stereocenters. The van der Waals surface area contributed by atoms with Crippen LogP contribution in [0, 0.1) is 5.92 Å². The van der Waals surface area contributed by atoms with Crippen LogP contribution >= 0.6 is 11.3 Å². The van der Waals surface area contributed by atoms with Gasteiger partial charge >= 0.3 is 0 Å². The number of hydrogen-bond donors (Lipinski definition) is 3. The quantitative estimate of drug-likeness (QED) is 0.742. The predicted molar refractivity (Wildman–Crippen MR) is 72.6 cm³/mol. The van der Waals surface area contributed by atoms with E-state index in [1.165, 1.54) is 17.4 Å². The van der Waals surface area contributed by atoms with E-state index in [-0.39, 0.29) is 11.8 Å². The highest BCUT2D eigenvalue weighted by molar-refractivity contribution is 7.12. The minimum Gasteiger partial charge on any atom is -0.366 e. The molecular weight excluding hydrogens is 250 g/mol. The number of nitrogens with one attached hydrogen (secondary N) is 1. The van der Waals surface area contributed by atoms with Crippen molar-refractivity contribution in [3.63, 3.8) is 0 Å². The molecule has 0 aromatic carbocycles. The van der Waals surface area contributed by atoms with Crippen LogP contribution < -0.4 is 16.8 Å². The van der Waals surface area contributed by atoms with Crippen LogP contribution in [0.25, 0.3) is 0 Å². The van der Waals surface area contributed by atoms with Gasteiger partial charge in [-0.25, -0.2) is 0 Å². The van der Waals surface area contributed by atoms with Crippen molar-refractivity contribution in [3.05, 3.63) is 21.9 Å². The van der Waals surface area contributed by atoms with Crippen LogP contribution in [0.2, 0.25) is 0 Å². The molecule has 0 aliphatic rings. The van der Waals surface area contributed by atoms with Crippen LogP contribution in [0.4, 0.5) is 0 Å². The average molecular weight is 269 g/mol. The molecule has 2 amide bonds. The summed E-state index contributed by atoms with van der Waals surface area (Å²) in [4.78, 5) is 23.5. The van der Waals surface area contributed by atoms with E-state index in [0.717, 1.165) is 0 Å². The second kappa shape index (κ2) is 5.49. The molecule has 0 spiro atoms. The fraction of sp³-hybridized carbons (Fsp3) is 0.500. The molecule has 5 N–H and O–H groups in total. The van der Waals surface area contributed by atoms with E-state index in [1.807, 2.05) is 20.8 Å². The molecule has 18 heavy (non-hydrogen) atoms. The highest BCUT2D eigenvalue weighted by Gasteiger charge is 2.29. The van der Waals surface area contributed by atoms with Crippen molar-refractivity contribution >= 4 is 23.2 Å². The number of primary amides is 1. The predicted octanol–water partition coefficient (Wildman–Crippen LogP) is 0.950. The molecule has 0 saturated carbocycles. The SMILES string of the molecule is CC(C)C(C)(CN)NC(=O)c1cc(C(N)=O)cs1. The van der Waals surface area contributed by atoms with Gasteiger partial charge in [0.25, 0.3) is 5.91 Å². The monoisotopic (exact) mass is 269 g/mol. The number of nitrogens with two attached hydrogens (primary N) is 2. The first-order chi connectivity index (χ1) is 8.30. The Hall–Kier alpha value is -1.40. The molecule has 1 aromatic rings. The molecule has 6 heteroatoms. The lowest BCUT2D eigenvalue weighted by atomic mass is 9.88. The highest BCUT2D eigenvalue weighted by Crippen LogP contribution is 2.19. The van der Waals surface area contributed by atoms with Crippen molar-refractivity contribution in [2.75, 3.05) is 6.54 Å². The molecule has 0 radical (unpaired) electrons. The average Bonchev–Trinajstić information content (AvgIpc) is 2.77. The van der Waals surface area contributed by atoms with Gasteiger partial charge in [-0.2, -0.15) is 0 Å². The fourth-order valence-electron chi connectivity index (χ4n) is 1.34. The molecule has 1 heterocycles.